The highest BCUT2D eigenvalue weighted by molar-refractivity contribution is 7.89. The summed E-state index contributed by atoms with van der Waals surface area (Å²) in [5.41, 5.74) is 4.03. The van der Waals surface area contributed by atoms with E-state index in [9.17, 15) is 8.42 Å². The topological polar surface area (TPSA) is 67.2 Å². The molecule has 1 aromatic heterocycles. The molecule has 162 valence electrons. The van der Waals surface area contributed by atoms with Gasteiger partial charge in [0.1, 0.15) is 5.82 Å². The van der Waals surface area contributed by atoms with Gasteiger partial charge in [-0.3, -0.25) is 0 Å². The molecule has 3 aromatic rings. The number of rotatable bonds is 7. The molecule has 30 heavy (non-hydrogen) atoms. The molecule has 0 spiro atoms. The lowest BCUT2D eigenvalue weighted by Gasteiger charge is -2.23. The maximum Gasteiger partial charge on any atom is 0.242 e. The van der Waals surface area contributed by atoms with Gasteiger partial charge in [0.05, 0.1) is 22.5 Å². The molecule has 0 fully saturated rings. The van der Waals surface area contributed by atoms with Crippen molar-refractivity contribution < 1.29 is 8.42 Å². The third-order valence-electron chi connectivity index (χ3n) is 5.20. The van der Waals surface area contributed by atoms with E-state index in [0.29, 0.717) is 12.1 Å². The van der Waals surface area contributed by atoms with Crippen molar-refractivity contribution in [1.29, 1.82) is 0 Å². The Labute approximate surface area is 180 Å². The van der Waals surface area contributed by atoms with E-state index in [1.165, 1.54) is 24.0 Å². The van der Waals surface area contributed by atoms with Gasteiger partial charge in [0.25, 0.3) is 0 Å². The number of anilines is 1. The number of nitrogens with zero attached hydrogens (tertiary/aromatic N) is 3. The van der Waals surface area contributed by atoms with Crippen LogP contribution >= 0.6 is 0 Å². The molecule has 0 atom stereocenters. The Morgan fingerprint density at radius 3 is 2.43 bits per heavy atom. The first-order chi connectivity index (χ1) is 14.1. The largest absolute Gasteiger partial charge is 0.378 e. The summed E-state index contributed by atoms with van der Waals surface area (Å²) in [4.78, 5) is 5.05. The molecule has 1 heterocycles. The van der Waals surface area contributed by atoms with Gasteiger partial charge in [0.2, 0.25) is 10.0 Å². The molecule has 0 bridgehead atoms. The van der Waals surface area contributed by atoms with Gasteiger partial charge >= 0.3 is 0 Å². The fourth-order valence-electron chi connectivity index (χ4n) is 3.60. The molecule has 6 nitrogen and oxygen atoms in total. The molecule has 0 radical (unpaired) electrons. The van der Waals surface area contributed by atoms with E-state index in [-0.39, 0.29) is 10.3 Å². The van der Waals surface area contributed by atoms with Crippen molar-refractivity contribution in [3.05, 3.63) is 53.9 Å². The number of aryl methyl sites for hydroxylation is 1. The number of benzene rings is 2. The van der Waals surface area contributed by atoms with Crippen molar-refractivity contribution in [2.24, 2.45) is 0 Å². The fourth-order valence-corrected chi connectivity index (χ4v) is 4.53. The number of para-hydroxylation sites is 1. The Morgan fingerprint density at radius 2 is 1.80 bits per heavy atom. The van der Waals surface area contributed by atoms with Crippen LogP contribution in [0.5, 0.6) is 0 Å². The molecule has 3 rings (SSSR count). The van der Waals surface area contributed by atoms with Crippen LogP contribution in [-0.2, 0) is 28.5 Å². The van der Waals surface area contributed by atoms with Gasteiger partial charge in [-0.15, -0.1) is 0 Å². The summed E-state index contributed by atoms with van der Waals surface area (Å²) in [5, 5.41) is 3.55. The number of aromatic nitrogens is 2. The van der Waals surface area contributed by atoms with Crippen LogP contribution in [0.2, 0.25) is 0 Å². The third kappa shape index (κ3) is 4.37. The smallest absolute Gasteiger partial charge is 0.242 e. The number of sulfonamides is 1. The predicted molar refractivity (Wildman–Crippen MR) is 123 cm³/mol. The minimum atomic E-state index is -3.49. The van der Waals surface area contributed by atoms with Gasteiger partial charge in [-0.1, -0.05) is 45.9 Å². The molecule has 0 saturated carbocycles. The van der Waals surface area contributed by atoms with Gasteiger partial charge in [0.15, 0.2) is 0 Å². The van der Waals surface area contributed by atoms with Crippen molar-refractivity contribution in [1.82, 2.24) is 13.9 Å². The van der Waals surface area contributed by atoms with Gasteiger partial charge in [-0.2, -0.15) is 0 Å². The Kier molecular flexibility index (Phi) is 6.24. The van der Waals surface area contributed by atoms with Crippen LogP contribution in [-0.4, -0.2) is 36.4 Å². The first kappa shape index (κ1) is 22.3. The summed E-state index contributed by atoms with van der Waals surface area (Å²) in [6.07, 6.45) is 0.967. The average Bonchev–Trinajstić information content (AvgIpc) is 3.03. The van der Waals surface area contributed by atoms with Crippen LogP contribution in [0.4, 0.5) is 5.69 Å². The van der Waals surface area contributed by atoms with Crippen molar-refractivity contribution in [3.63, 3.8) is 0 Å². The lowest BCUT2D eigenvalue weighted by Crippen LogP contribution is -2.22. The van der Waals surface area contributed by atoms with Crippen molar-refractivity contribution in [2.75, 3.05) is 19.4 Å². The maximum atomic E-state index is 12.5. The summed E-state index contributed by atoms with van der Waals surface area (Å²) in [7, 11) is -0.415. The lowest BCUT2D eigenvalue weighted by molar-refractivity contribution is 0.521. The summed E-state index contributed by atoms with van der Waals surface area (Å²) < 4.78 is 28.4. The number of imidazole rings is 1. The zero-order chi connectivity index (χ0) is 22.1. The highest BCUT2D eigenvalue weighted by Crippen LogP contribution is 2.30. The van der Waals surface area contributed by atoms with Crippen LogP contribution in [0.15, 0.2) is 47.4 Å². The van der Waals surface area contributed by atoms with Crippen molar-refractivity contribution in [2.45, 2.75) is 57.5 Å². The Balaban J connectivity index is 1.99. The summed E-state index contributed by atoms with van der Waals surface area (Å²) in [6, 6.07) is 13.5. The fraction of sp³-hybridized carbons (Fsp3) is 0.435. The molecular weight excluding hydrogens is 396 g/mol. The van der Waals surface area contributed by atoms with E-state index < -0.39 is 10.0 Å². The van der Waals surface area contributed by atoms with Crippen molar-refractivity contribution >= 4 is 26.7 Å². The number of nitrogens with one attached hydrogen (secondary N) is 1. The van der Waals surface area contributed by atoms with Crippen LogP contribution in [0.3, 0.4) is 0 Å². The van der Waals surface area contributed by atoms with E-state index in [4.69, 9.17) is 4.98 Å². The van der Waals surface area contributed by atoms with E-state index in [0.717, 1.165) is 30.0 Å². The van der Waals surface area contributed by atoms with Gasteiger partial charge in [0, 0.05) is 26.3 Å². The zero-order valence-corrected chi connectivity index (χ0v) is 19.5. The normalized spacial score (nSPS) is 12.6. The Bertz CT molecular complexity index is 1140. The van der Waals surface area contributed by atoms with Crippen LogP contribution in [0.25, 0.3) is 11.0 Å². The van der Waals surface area contributed by atoms with Gasteiger partial charge in [-0.25, -0.2) is 17.7 Å². The molecule has 0 saturated heterocycles. The molecule has 0 unspecified atom stereocenters. The molecule has 0 aliphatic carbocycles. The quantitative estimate of drug-likeness (QED) is 0.597. The van der Waals surface area contributed by atoms with Gasteiger partial charge < -0.3 is 9.88 Å². The van der Waals surface area contributed by atoms with Crippen LogP contribution in [0.1, 0.15) is 45.5 Å². The van der Waals surface area contributed by atoms with E-state index >= 15 is 0 Å². The monoisotopic (exact) mass is 428 g/mol. The second-order valence-electron chi connectivity index (χ2n) is 8.77. The molecule has 0 aliphatic heterocycles. The minimum absolute atomic E-state index is 0.0303. The first-order valence-corrected chi connectivity index (χ1v) is 11.7. The minimum Gasteiger partial charge on any atom is -0.378 e. The lowest BCUT2D eigenvalue weighted by atomic mass is 9.86. The van der Waals surface area contributed by atoms with E-state index in [1.807, 2.05) is 12.1 Å². The van der Waals surface area contributed by atoms with E-state index in [2.05, 4.69) is 55.8 Å². The van der Waals surface area contributed by atoms with E-state index in [1.54, 1.807) is 12.1 Å². The Hall–Kier alpha value is -2.38. The zero-order valence-electron chi connectivity index (χ0n) is 18.7. The Morgan fingerprint density at radius 1 is 1.10 bits per heavy atom. The summed E-state index contributed by atoms with van der Waals surface area (Å²) >= 11 is 0. The predicted octanol–water partition coefficient (Wildman–Crippen LogP) is 4.61. The SMILES string of the molecule is CCCn1c(CNc2ccccc2C(C)(C)C)nc2cc(S(=O)(=O)N(C)C)ccc21. The third-order valence-corrected chi connectivity index (χ3v) is 7.01. The first-order valence-electron chi connectivity index (χ1n) is 10.3. The number of hydrogen-bond acceptors (Lipinski definition) is 4. The van der Waals surface area contributed by atoms with Crippen LogP contribution < -0.4 is 5.32 Å². The van der Waals surface area contributed by atoms with Crippen molar-refractivity contribution in [3.8, 4) is 0 Å². The standard InChI is InChI=1S/C23H32N4O2S/c1-7-14-27-21-13-12-17(30(28,29)26(5)6)15-20(21)25-22(27)16-24-19-11-9-8-10-18(19)23(2,3)4/h8-13,15,24H,7,14,16H2,1-6H3. The molecule has 1 N–H and O–H groups in total. The molecular formula is C23H32N4O2S. The number of hydrogen-bond donors (Lipinski definition) is 1. The van der Waals surface area contributed by atoms with Crippen LogP contribution in [0, 0.1) is 0 Å². The number of fused-ring (bicyclic) bond motifs is 1. The highest BCUT2D eigenvalue weighted by atomic mass is 32.2. The average molecular weight is 429 g/mol. The second-order valence-corrected chi connectivity index (χ2v) is 10.9. The molecule has 0 aliphatic rings. The summed E-state index contributed by atoms with van der Waals surface area (Å²) in [5.74, 6) is 0.898. The molecule has 0 amide bonds. The summed E-state index contributed by atoms with van der Waals surface area (Å²) in [6.45, 7) is 10.1. The van der Waals surface area contributed by atoms with Gasteiger partial charge in [-0.05, 0) is 41.7 Å². The maximum absolute atomic E-state index is 12.5. The highest BCUT2D eigenvalue weighted by Gasteiger charge is 2.20. The molecule has 7 heteroatoms. The molecule has 2 aromatic carbocycles. The second kappa shape index (κ2) is 8.40.